The Morgan fingerprint density at radius 1 is 0.395 bits per heavy atom. The van der Waals surface area contributed by atoms with Gasteiger partial charge < -0.3 is 30.6 Å². The summed E-state index contributed by atoms with van der Waals surface area (Å²) in [5.74, 6) is -8.56. The molecule has 5 atom stereocenters. The van der Waals surface area contributed by atoms with Crippen molar-refractivity contribution < 1.29 is 59.4 Å². The summed E-state index contributed by atoms with van der Waals surface area (Å²) in [4.78, 5) is 73.1. The van der Waals surface area contributed by atoms with E-state index in [1.807, 2.05) is 0 Å². The molecule has 0 bridgehead atoms. The van der Waals surface area contributed by atoms with E-state index in [1.165, 1.54) is 34.6 Å². The molecule has 218 valence electrons. The number of aliphatic carboxylic acids is 6. The molecule has 0 spiro atoms. The van der Waals surface area contributed by atoms with Gasteiger partial charge in [-0.25, -0.2) is 0 Å². The molecule has 38 heavy (non-hydrogen) atoms. The van der Waals surface area contributed by atoms with Crippen molar-refractivity contribution >= 4 is 35.8 Å². The fraction of sp³-hybridized carbons (Fsp3) is 0.769. The minimum Gasteiger partial charge on any atom is -0.481 e. The molecule has 0 saturated heterocycles. The number of hydrogen-bond acceptors (Lipinski definition) is 6. The van der Waals surface area contributed by atoms with Crippen molar-refractivity contribution in [3.05, 3.63) is 0 Å². The Morgan fingerprint density at radius 2 is 0.605 bits per heavy atom. The average Bonchev–Trinajstić information content (AvgIpc) is 2.71. The first kappa shape index (κ1) is 34.8. The van der Waals surface area contributed by atoms with Crippen molar-refractivity contribution in [2.24, 2.45) is 32.5 Å². The molecule has 6 N–H and O–H groups in total. The van der Waals surface area contributed by atoms with Crippen LogP contribution < -0.4 is 0 Å². The summed E-state index contributed by atoms with van der Waals surface area (Å²) in [6.45, 7) is 10.2. The summed E-state index contributed by atoms with van der Waals surface area (Å²) >= 11 is 0. The van der Waals surface area contributed by atoms with Crippen LogP contribution in [-0.4, -0.2) is 66.5 Å². The van der Waals surface area contributed by atoms with Crippen LogP contribution in [0.2, 0.25) is 0 Å². The van der Waals surface area contributed by atoms with Gasteiger partial charge in [0, 0.05) is 0 Å². The molecule has 0 radical (unpaired) electrons. The Labute approximate surface area is 222 Å². The van der Waals surface area contributed by atoms with Crippen molar-refractivity contribution in [1.82, 2.24) is 0 Å². The van der Waals surface area contributed by atoms with Crippen LogP contribution in [0.1, 0.15) is 93.9 Å². The molecule has 0 fully saturated rings. The normalized spacial score (nSPS) is 19.9. The lowest BCUT2D eigenvalue weighted by atomic mass is 9.58. The molecule has 0 aliphatic rings. The summed E-state index contributed by atoms with van der Waals surface area (Å²) in [5.41, 5.74) is -10.9. The van der Waals surface area contributed by atoms with Gasteiger partial charge in [-0.05, 0) is 87.0 Å². The van der Waals surface area contributed by atoms with Crippen LogP contribution in [0, 0.1) is 32.5 Å². The smallest absolute Gasteiger partial charge is 0.309 e. The Kier molecular flexibility index (Phi) is 10.3. The van der Waals surface area contributed by atoms with E-state index in [0.29, 0.717) is 0 Å². The molecule has 5 unspecified atom stereocenters. The zero-order valence-electron chi connectivity index (χ0n) is 23.4. The molecular weight excluding hydrogens is 504 g/mol. The quantitative estimate of drug-likeness (QED) is 0.153. The van der Waals surface area contributed by atoms with Crippen LogP contribution in [0.5, 0.6) is 0 Å². The van der Waals surface area contributed by atoms with Crippen LogP contribution in [-0.2, 0) is 28.8 Å². The predicted molar refractivity (Wildman–Crippen MR) is 134 cm³/mol. The Hall–Kier alpha value is -3.18. The molecule has 0 aromatic rings. The zero-order valence-corrected chi connectivity index (χ0v) is 23.4. The van der Waals surface area contributed by atoms with Gasteiger partial charge in [-0.2, -0.15) is 0 Å². The second kappa shape index (κ2) is 11.3. The van der Waals surface area contributed by atoms with Crippen LogP contribution in [0.4, 0.5) is 0 Å². The second-order valence-electron chi connectivity index (χ2n) is 12.8. The highest BCUT2D eigenvalue weighted by Gasteiger charge is 2.55. The number of carbonyl (C=O) groups is 6. The molecule has 0 saturated carbocycles. The molecule has 0 rings (SSSR count). The maximum absolute atomic E-state index is 12.5. The lowest BCUT2D eigenvalue weighted by Gasteiger charge is -2.43. The summed E-state index contributed by atoms with van der Waals surface area (Å²) in [5, 5.41) is 59.5. The van der Waals surface area contributed by atoms with Crippen molar-refractivity contribution in [2.45, 2.75) is 93.9 Å². The van der Waals surface area contributed by atoms with Crippen LogP contribution in [0.15, 0.2) is 0 Å². The number of hydrogen-bond donors (Lipinski definition) is 6. The lowest BCUT2D eigenvalue weighted by Crippen LogP contribution is -2.48. The SMILES string of the molecule is CCC(C)(CC(C)(CC(C)(CC(C)(CC(C)(CC(C)(C)C(=O)O)C(=O)O)C(=O)O)C(=O)O)C(=O)O)C(=O)O. The van der Waals surface area contributed by atoms with E-state index in [1.54, 1.807) is 6.92 Å². The van der Waals surface area contributed by atoms with Gasteiger partial charge in [0.1, 0.15) is 0 Å². The summed E-state index contributed by atoms with van der Waals surface area (Å²) in [6.07, 6.45) is -2.82. The van der Waals surface area contributed by atoms with Crippen LogP contribution in [0.3, 0.4) is 0 Å². The highest BCUT2D eigenvalue weighted by molar-refractivity contribution is 5.83. The summed E-state index contributed by atoms with van der Waals surface area (Å²) in [6, 6.07) is 0. The van der Waals surface area contributed by atoms with Gasteiger partial charge in [-0.3, -0.25) is 28.8 Å². The maximum atomic E-state index is 12.5. The standard InChI is InChI=1S/C26H42O12/c1-9-22(4,16(29)30)11-24(6,18(33)34)13-26(8,20(37)38)14-25(7,19(35)36)12-23(5,17(31)32)10-21(2,3)15(27)28/h9-14H2,1-8H3,(H,27,28)(H,29,30)(H,31,32)(H,33,34)(H,35,36)(H,37,38). The third kappa shape index (κ3) is 7.67. The molecule has 0 amide bonds. The van der Waals surface area contributed by atoms with E-state index in [9.17, 15) is 59.4 Å². The second-order valence-corrected chi connectivity index (χ2v) is 12.8. The number of rotatable bonds is 17. The van der Waals surface area contributed by atoms with Crippen molar-refractivity contribution in [2.75, 3.05) is 0 Å². The average molecular weight is 547 g/mol. The molecule has 12 heteroatoms. The first-order valence-electron chi connectivity index (χ1n) is 12.2. The zero-order chi connectivity index (χ0) is 30.7. The van der Waals surface area contributed by atoms with E-state index in [-0.39, 0.29) is 6.42 Å². The van der Waals surface area contributed by atoms with Gasteiger partial charge in [0.15, 0.2) is 0 Å². The van der Waals surface area contributed by atoms with Gasteiger partial charge in [0.2, 0.25) is 0 Å². The first-order chi connectivity index (χ1) is 16.8. The largest absolute Gasteiger partial charge is 0.481 e. The fourth-order valence-corrected chi connectivity index (χ4v) is 5.70. The van der Waals surface area contributed by atoms with E-state index < -0.39 is 100 Å². The molecule has 0 aliphatic heterocycles. The number of carboxylic acid groups (broad SMARTS) is 6. The van der Waals surface area contributed by atoms with Gasteiger partial charge in [-0.15, -0.1) is 0 Å². The Bertz CT molecular complexity index is 987. The maximum Gasteiger partial charge on any atom is 0.309 e. The molecule has 0 aliphatic carbocycles. The highest BCUT2D eigenvalue weighted by Crippen LogP contribution is 2.52. The van der Waals surface area contributed by atoms with Gasteiger partial charge >= 0.3 is 35.8 Å². The van der Waals surface area contributed by atoms with Gasteiger partial charge in [0.25, 0.3) is 0 Å². The van der Waals surface area contributed by atoms with Crippen LogP contribution in [0.25, 0.3) is 0 Å². The van der Waals surface area contributed by atoms with E-state index in [4.69, 9.17) is 0 Å². The molecule has 0 aromatic heterocycles. The minimum atomic E-state index is -2.03. The van der Waals surface area contributed by atoms with E-state index in [0.717, 1.165) is 13.8 Å². The topological polar surface area (TPSA) is 224 Å². The summed E-state index contributed by atoms with van der Waals surface area (Å²) < 4.78 is 0. The molecule has 12 nitrogen and oxygen atoms in total. The van der Waals surface area contributed by atoms with Gasteiger partial charge in [0.05, 0.1) is 32.5 Å². The predicted octanol–water partition coefficient (Wildman–Crippen LogP) is 3.91. The minimum absolute atomic E-state index is 0.0537. The van der Waals surface area contributed by atoms with E-state index in [2.05, 4.69) is 0 Å². The third-order valence-electron chi connectivity index (χ3n) is 7.89. The third-order valence-corrected chi connectivity index (χ3v) is 7.89. The first-order valence-corrected chi connectivity index (χ1v) is 12.2. The van der Waals surface area contributed by atoms with Crippen LogP contribution >= 0.6 is 0 Å². The van der Waals surface area contributed by atoms with E-state index >= 15 is 0 Å². The fourth-order valence-electron chi connectivity index (χ4n) is 5.70. The Morgan fingerprint density at radius 3 is 0.789 bits per heavy atom. The van der Waals surface area contributed by atoms with Gasteiger partial charge in [-0.1, -0.05) is 6.92 Å². The van der Waals surface area contributed by atoms with Crippen molar-refractivity contribution in [1.29, 1.82) is 0 Å². The monoisotopic (exact) mass is 546 g/mol. The summed E-state index contributed by atoms with van der Waals surface area (Å²) in [7, 11) is 0. The van der Waals surface area contributed by atoms with Crippen molar-refractivity contribution in [3.8, 4) is 0 Å². The molecule has 0 heterocycles. The highest BCUT2D eigenvalue weighted by atomic mass is 16.4. The Balaban J connectivity index is 6.72. The lowest BCUT2D eigenvalue weighted by molar-refractivity contribution is -0.167. The van der Waals surface area contributed by atoms with Crippen molar-refractivity contribution in [3.63, 3.8) is 0 Å². The molecule has 0 aromatic carbocycles. The molecular formula is C26H42O12. The number of carboxylic acids is 6.